The van der Waals surface area contributed by atoms with E-state index in [9.17, 15) is 4.79 Å². The predicted molar refractivity (Wildman–Crippen MR) is 128 cm³/mol. The Kier molecular flexibility index (Phi) is 7.63. The summed E-state index contributed by atoms with van der Waals surface area (Å²) in [5.41, 5.74) is 2.35. The van der Waals surface area contributed by atoms with Gasteiger partial charge in [-0.05, 0) is 104 Å². The molecule has 2 aliphatic carbocycles. The maximum Gasteiger partial charge on any atom is 0.343 e. The number of carbonyl (C=O) groups excluding carboxylic acids is 1. The first kappa shape index (κ1) is 22.6. The number of nitrogens with zero attached hydrogens (tertiary/aromatic N) is 1. The third kappa shape index (κ3) is 5.60. The second-order valence-corrected chi connectivity index (χ2v) is 9.83. The van der Waals surface area contributed by atoms with Crippen molar-refractivity contribution in [3.8, 4) is 11.8 Å². The Morgan fingerprint density at radius 2 is 1.47 bits per heavy atom. The van der Waals surface area contributed by atoms with Crippen molar-refractivity contribution in [1.82, 2.24) is 0 Å². The molecule has 2 fully saturated rings. The van der Waals surface area contributed by atoms with Gasteiger partial charge in [0.25, 0.3) is 0 Å². The van der Waals surface area contributed by atoms with Crippen LogP contribution in [-0.4, -0.2) is 5.97 Å². The molecule has 0 amide bonds. The summed E-state index contributed by atoms with van der Waals surface area (Å²) in [6, 6.07) is 16.7. The molecule has 0 aliphatic heterocycles. The molecule has 4 rings (SSSR count). The van der Waals surface area contributed by atoms with E-state index in [1.165, 1.54) is 69.8 Å². The lowest BCUT2D eigenvalue weighted by molar-refractivity contribution is 0.0734. The van der Waals surface area contributed by atoms with Gasteiger partial charge in [-0.25, -0.2) is 4.79 Å². The normalized spacial score (nSPS) is 25.6. The second kappa shape index (κ2) is 10.8. The molecule has 0 spiro atoms. The number of ether oxygens (including phenoxy) is 1. The van der Waals surface area contributed by atoms with Crippen LogP contribution in [0.4, 0.5) is 0 Å². The first-order valence-corrected chi connectivity index (χ1v) is 12.5. The summed E-state index contributed by atoms with van der Waals surface area (Å²) in [5.74, 6) is 3.70. The quantitative estimate of drug-likeness (QED) is 0.350. The van der Waals surface area contributed by atoms with Crippen LogP contribution in [-0.2, 0) is 0 Å². The molecule has 0 saturated heterocycles. The van der Waals surface area contributed by atoms with Gasteiger partial charge in [0, 0.05) is 0 Å². The van der Waals surface area contributed by atoms with Crippen LogP contribution >= 0.6 is 0 Å². The fourth-order valence-electron chi connectivity index (χ4n) is 5.94. The third-order valence-electron chi connectivity index (χ3n) is 7.84. The molecule has 0 N–H and O–H groups in total. The number of hydrogen-bond acceptors (Lipinski definition) is 3. The van der Waals surface area contributed by atoms with E-state index in [-0.39, 0.29) is 0 Å². The minimum absolute atomic E-state index is 0.392. The summed E-state index contributed by atoms with van der Waals surface area (Å²) in [5, 5.41) is 8.88. The Balaban J connectivity index is 1.26. The van der Waals surface area contributed by atoms with E-state index in [1.807, 2.05) is 12.1 Å². The minimum atomic E-state index is -0.392. The van der Waals surface area contributed by atoms with Crippen LogP contribution in [0.15, 0.2) is 48.5 Å². The molecule has 0 aromatic heterocycles. The van der Waals surface area contributed by atoms with Crippen LogP contribution < -0.4 is 4.74 Å². The third-order valence-corrected chi connectivity index (χ3v) is 7.84. The molecule has 3 heteroatoms. The average molecular weight is 430 g/mol. The van der Waals surface area contributed by atoms with Crippen LogP contribution in [0.25, 0.3) is 0 Å². The maximum absolute atomic E-state index is 12.3. The first-order chi connectivity index (χ1) is 15.7. The largest absolute Gasteiger partial charge is 0.423 e. The lowest BCUT2D eigenvalue weighted by Crippen LogP contribution is -2.25. The molecular weight excluding hydrogens is 394 g/mol. The van der Waals surface area contributed by atoms with E-state index >= 15 is 0 Å². The topological polar surface area (TPSA) is 50.1 Å². The highest BCUT2D eigenvalue weighted by Gasteiger charge is 2.31. The monoisotopic (exact) mass is 429 g/mol. The van der Waals surface area contributed by atoms with Crippen molar-refractivity contribution in [2.24, 2.45) is 17.8 Å². The SMILES string of the molecule is CCCC1CCC(C2CCC(c3ccc(OC(=O)c4ccc(C#N)cc4)cc3)CC2)CC1. The number of carbonyl (C=O) groups is 1. The van der Waals surface area contributed by atoms with E-state index in [0.717, 1.165) is 17.8 Å². The number of hydrogen-bond donors (Lipinski definition) is 0. The molecule has 0 atom stereocenters. The molecule has 168 valence electrons. The van der Waals surface area contributed by atoms with Crippen LogP contribution in [0.1, 0.15) is 98.5 Å². The summed E-state index contributed by atoms with van der Waals surface area (Å²) >= 11 is 0. The van der Waals surface area contributed by atoms with Gasteiger partial charge in [0.15, 0.2) is 0 Å². The first-order valence-electron chi connectivity index (χ1n) is 12.5. The van der Waals surface area contributed by atoms with E-state index in [0.29, 0.717) is 22.8 Å². The lowest BCUT2D eigenvalue weighted by Gasteiger charge is -2.38. The summed E-state index contributed by atoms with van der Waals surface area (Å²) in [4.78, 5) is 12.3. The average Bonchev–Trinajstić information content (AvgIpc) is 2.85. The van der Waals surface area contributed by atoms with Gasteiger partial charge >= 0.3 is 5.97 Å². The number of rotatable bonds is 6. The van der Waals surface area contributed by atoms with Crippen molar-refractivity contribution in [1.29, 1.82) is 5.26 Å². The molecule has 3 nitrogen and oxygen atoms in total. The smallest absolute Gasteiger partial charge is 0.343 e. The molecule has 0 bridgehead atoms. The zero-order chi connectivity index (χ0) is 22.3. The summed E-state index contributed by atoms with van der Waals surface area (Å²) in [6.07, 6.45) is 13.9. The van der Waals surface area contributed by atoms with E-state index in [4.69, 9.17) is 10.00 Å². The number of benzene rings is 2. The van der Waals surface area contributed by atoms with E-state index < -0.39 is 5.97 Å². The summed E-state index contributed by atoms with van der Waals surface area (Å²) in [7, 11) is 0. The molecule has 2 saturated carbocycles. The van der Waals surface area contributed by atoms with Crippen LogP contribution in [0, 0.1) is 29.1 Å². The summed E-state index contributed by atoms with van der Waals surface area (Å²) < 4.78 is 5.52. The van der Waals surface area contributed by atoms with E-state index in [1.54, 1.807) is 24.3 Å². The zero-order valence-corrected chi connectivity index (χ0v) is 19.3. The van der Waals surface area contributed by atoms with Gasteiger partial charge in [0.05, 0.1) is 17.2 Å². The predicted octanol–water partition coefficient (Wildman–Crippen LogP) is 7.66. The molecule has 0 radical (unpaired) electrons. The number of esters is 1. The molecule has 2 aliphatic rings. The van der Waals surface area contributed by atoms with Gasteiger partial charge in [-0.1, -0.05) is 44.7 Å². The molecule has 0 unspecified atom stereocenters. The molecule has 32 heavy (non-hydrogen) atoms. The van der Waals surface area contributed by atoms with Gasteiger partial charge in [0.1, 0.15) is 5.75 Å². The van der Waals surface area contributed by atoms with Crippen LogP contribution in [0.3, 0.4) is 0 Å². The van der Waals surface area contributed by atoms with Crippen molar-refractivity contribution in [3.05, 3.63) is 65.2 Å². The Bertz CT molecular complexity index is 909. The van der Waals surface area contributed by atoms with Gasteiger partial charge in [-0.3, -0.25) is 0 Å². The van der Waals surface area contributed by atoms with Crippen molar-refractivity contribution in [3.63, 3.8) is 0 Å². The molecule has 0 heterocycles. The summed E-state index contributed by atoms with van der Waals surface area (Å²) in [6.45, 7) is 2.32. The lowest BCUT2D eigenvalue weighted by atomic mass is 9.68. The highest BCUT2D eigenvalue weighted by molar-refractivity contribution is 5.91. The Morgan fingerprint density at radius 1 is 0.875 bits per heavy atom. The second-order valence-electron chi connectivity index (χ2n) is 9.83. The van der Waals surface area contributed by atoms with Crippen molar-refractivity contribution in [2.45, 2.75) is 77.0 Å². The van der Waals surface area contributed by atoms with Gasteiger partial charge < -0.3 is 4.74 Å². The molecular formula is C29H35NO2. The fraction of sp³-hybridized carbons (Fsp3) is 0.517. The fourth-order valence-corrected chi connectivity index (χ4v) is 5.94. The maximum atomic E-state index is 12.3. The highest BCUT2D eigenvalue weighted by atomic mass is 16.5. The number of nitriles is 1. The van der Waals surface area contributed by atoms with Crippen molar-refractivity contribution >= 4 is 5.97 Å². The van der Waals surface area contributed by atoms with Gasteiger partial charge in [-0.15, -0.1) is 0 Å². The molecule has 2 aromatic carbocycles. The molecule has 2 aromatic rings. The highest BCUT2D eigenvalue weighted by Crippen LogP contribution is 2.44. The van der Waals surface area contributed by atoms with Gasteiger partial charge in [-0.2, -0.15) is 5.26 Å². The van der Waals surface area contributed by atoms with Crippen molar-refractivity contribution in [2.75, 3.05) is 0 Å². The van der Waals surface area contributed by atoms with E-state index in [2.05, 4.69) is 25.1 Å². The van der Waals surface area contributed by atoms with Gasteiger partial charge in [0.2, 0.25) is 0 Å². The Labute approximate surface area is 192 Å². The standard InChI is InChI=1S/C29H35NO2/c1-2-3-21-4-8-23(9-5-21)24-12-14-25(15-13-24)26-16-18-28(19-17-26)32-29(31)27-10-6-22(20-30)7-11-27/h6-7,10-11,16-19,21,23-25H,2-5,8-9,12-15H2,1H3. The van der Waals surface area contributed by atoms with Crippen LogP contribution in [0.5, 0.6) is 5.75 Å². The van der Waals surface area contributed by atoms with Crippen molar-refractivity contribution < 1.29 is 9.53 Å². The Hall–Kier alpha value is -2.60. The zero-order valence-electron chi connectivity index (χ0n) is 19.3. The van der Waals surface area contributed by atoms with Crippen LogP contribution in [0.2, 0.25) is 0 Å². The Morgan fingerprint density at radius 3 is 2.03 bits per heavy atom. The minimum Gasteiger partial charge on any atom is -0.423 e.